The van der Waals surface area contributed by atoms with Crippen molar-refractivity contribution in [2.24, 2.45) is 5.41 Å². The minimum atomic E-state index is -1.31. The lowest BCUT2D eigenvalue weighted by Crippen LogP contribution is -2.35. The zero-order valence-corrected chi connectivity index (χ0v) is 17.1. The Labute approximate surface area is 164 Å². The number of hydrogen-bond acceptors (Lipinski definition) is 4. The standard InChI is InChI=1S/C21H24ClNO4/c1-11-13(3)18(14(4)12(2)17(11)24)27-16-9-7-15(8-10-16)23-20(26)21(5,6)19(22)25/h7-10,24H,1-6H3,(H,23,26). The van der Waals surface area contributed by atoms with Gasteiger partial charge < -0.3 is 15.2 Å². The van der Waals surface area contributed by atoms with Gasteiger partial charge in [0.2, 0.25) is 11.1 Å². The van der Waals surface area contributed by atoms with Gasteiger partial charge in [0.25, 0.3) is 0 Å². The number of phenols is 1. The van der Waals surface area contributed by atoms with E-state index in [1.165, 1.54) is 13.8 Å². The second-order valence-corrected chi connectivity index (χ2v) is 7.50. The minimum Gasteiger partial charge on any atom is -0.507 e. The van der Waals surface area contributed by atoms with E-state index in [2.05, 4.69) is 5.32 Å². The highest BCUT2D eigenvalue weighted by Gasteiger charge is 2.34. The molecule has 0 saturated carbocycles. The Bertz CT molecular complexity index is 872. The summed E-state index contributed by atoms with van der Waals surface area (Å²) in [5, 5.41) is 12.1. The van der Waals surface area contributed by atoms with Crippen LogP contribution in [0.5, 0.6) is 17.2 Å². The van der Waals surface area contributed by atoms with Gasteiger partial charge in [0, 0.05) is 5.69 Å². The molecule has 1 amide bonds. The molecule has 144 valence electrons. The molecule has 0 fully saturated rings. The van der Waals surface area contributed by atoms with Crippen molar-refractivity contribution in [2.75, 3.05) is 5.32 Å². The Balaban J connectivity index is 2.23. The van der Waals surface area contributed by atoms with E-state index in [9.17, 15) is 14.7 Å². The number of ether oxygens (including phenoxy) is 1. The first kappa shape index (κ1) is 20.8. The Morgan fingerprint density at radius 3 is 1.89 bits per heavy atom. The summed E-state index contributed by atoms with van der Waals surface area (Å²) >= 11 is 5.47. The number of rotatable bonds is 5. The Morgan fingerprint density at radius 1 is 0.963 bits per heavy atom. The molecular weight excluding hydrogens is 366 g/mol. The highest BCUT2D eigenvalue weighted by molar-refractivity contribution is 6.66. The van der Waals surface area contributed by atoms with Gasteiger partial charge >= 0.3 is 0 Å². The molecule has 27 heavy (non-hydrogen) atoms. The quantitative estimate of drug-likeness (QED) is 0.547. The smallest absolute Gasteiger partial charge is 0.238 e. The summed E-state index contributed by atoms with van der Waals surface area (Å²) in [5.74, 6) is 1.10. The normalized spacial score (nSPS) is 11.2. The maximum atomic E-state index is 12.2. The fourth-order valence-electron chi connectivity index (χ4n) is 2.51. The van der Waals surface area contributed by atoms with E-state index in [1.54, 1.807) is 24.3 Å². The van der Waals surface area contributed by atoms with Crippen LogP contribution in [-0.2, 0) is 9.59 Å². The second-order valence-electron chi connectivity index (χ2n) is 7.16. The van der Waals surface area contributed by atoms with Crippen LogP contribution in [-0.4, -0.2) is 16.3 Å². The summed E-state index contributed by atoms with van der Waals surface area (Å²) in [6.45, 7) is 10.4. The first-order valence-corrected chi connectivity index (χ1v) is 8.93. The van der Waals surface area contributed by atoms with Crippen molar-refractivity contribution >= 4 is 28.4 Å². The molecule has 2 aromatic rings. The maximum absolute atomic E-state index is 12.2. The summed E-state index contributed by atoms with van der Waals surface area (Å²) < 4.78 is 6.02. The van der Waals surface area contributed by atoms with Crippen molar-refractivity contribution in [1.29, 1.82) is 0 Å². The summed E-state index contributed by atoms with van der Waals surface area (Å²) in [6, 6.07) is 6.82. The molecule has 0 radical (unpaired) electrons. The van der Waals surface area contributed by atoms with Crippen molar-refractivity contribution in [2.45, 2.75) is 41.5 Å². The van der Waals surface area contributed by atoms with Gasteiger partial charge in [0.05, 0.1) is 0 Å². The third kappa shape index (κ3) is 4.08. The van der Waals surface area contributed by atoms with E-state index in [-0.39, 0.29) is 5.75 Å². The fourth-order valence-corrected chi connectivity index (χ4v) is 2.60. The van der Waals surface area contributed by atoms with Crippen molar-refractivity contribution in [1.82, 2.24) is 0 Å². The van der Waals surface area contributed by atoms with Crippen LogP contribution in [0.25, 0.3) is 0 Å². The minimum absolute atomic E-state index is 0.284. The topological polar surface area (TPSA) is 75.6 Å². The molecule has 0 saturated heterocycles. The fraction of sp³-hybridized carbons (Fsp3) is 0.333. The van der Waals surface area contributed by atoms with Crippen LogP contribution in [0, 0.1) is 33.1 Å². The lowest BCUT2D eigenvalue weighted by molar-refractivity contribution is -0.132. The van der Waals surface area contributed by atoms with Gasteiger partial charge in [0.15, 0.2) is 0 Å². The van der Waals surface area contributed by atoms with E-state index in [0.717, 1.165) is 22.3 Å². The highest BCUT2D eigenvalue weighted by Crippen LogP contribution is 2.38. The van der Waals surface area contributed by atoms with Crippen LogP contribution in [0.2, 0.25) is 0 Å². The largest absolute Gasteiger partial charge is 0.507 e. The van der Waals surface area contributed by atoms with Gasteiger partial charge in [-0.3, -0.25) is 9.59 Å². The van der Waals surface area contributed by atoms with Crippen LogP contribution in [0.4, 0.5) is 5.69 Å². The van der Waals surface area contributed by atoms with Gasteiger partial charge in [-0.15, -0.1) is 0 Å². The molecule has 0 aliphatic rings. The maximum Gasteiger partial charge on any atom is 0.238 e. The lowest BCUT2D eigenvalue weighted by Gasteiger charge is -2.19. The summed E-state index contributed by atoms with van der Waals surface area (Å²) in [4.78, 5) is 23.5. The Morgan fingerprint density at radius 2 is 1.44 bits per heavy atom. The zero-order valence-electron chi connectivity index (χ0n) is 16.4. The van der Waals surface area contributed by atoms with Crippen LogP contribution in [0.3, 0.4) is 0 Å². The second kappa shape index (κ2) is 7.61. The molecule has 0 heterocycles. The Hall–Kier alpha value is -2.53. The van der Waals surface area contributed by atoms with Gasteiger partial charge in [-0.25, -0.2) is 0 Å². The average molecular weight is 390 g/mol. The molecule has 2 aromatic carbocycles. The van der Waals surface area contributed by atoms with E-state index in [4.69, 9.17) is 16.3 Å². The number of aromatic hydroxyl groups is 1. The van der Waals surface area contributed by atoms with Crippen LogP contribution in [0.15, 0.2) is 24.3 Å². The lowest BCUT2D eigenvalue weighted by atomic mass is 9.94. The number of amides is 1. The molecule has 0 atom stereocenters. The number of phenolic OH excluding ortho intramolecular Hbond substituents is 1. The molecule has 0 spiro atoms. The SMILES string of the molecule is Cc1c(C)c(Oc2ccc(NC(=O)C(C)(C)C(=O)Cl)cc2)c(C)c(C)c1O. The molecule has 6 heteroatoms. The molecule has 0 aliphatic carbocycles. The third-order valence-electron chi connectivity index (χ3n) is 4.91. The molecule has 0 bridgehead atoms. The zero-order chi connectivity index (χ0) is 20.5. The van der Waals surface area contributed by atoms with Crippen molar-refractivity contribution in [3.05, 3.63) is 46.5 Å². The van der Waals surface area contributed by atoms with Gasteiger partial charge in [-0.1, -0.05) is 0 Å². The predicted octanol–water partition coefficient (Wildman–Crippen LogP) is 5.15. The molecule has 2 rings (SSSR count). The summed E-state index contributed by atoms with van der Waals surface area (Å²) in [7, 11) is 0. The van der Waals surface area contributed by atoms with E-state index in [0.29, 0.717) is 17.2 Å². The molecular formula is C21H24ClNO4. The number of carbonyl (C=O) groups is 2. The highest BCUT2D eigenvalue weighted by atomic mass is 35.5. The number of anilines is 1. The molecule has 0 aliphatic heterocycles. The Kier molecular flexibility index (Phi) is 5.85. The van der Waals surface area contributed by atoms with Crippen molar-refractivity contribution in [3.63, 3.8) is 0 Å². The van der Waals surface area contributed by atoms with Crippen molar-refractivity contribution in [3.8, 4) is 17.2 Å². The number of nitrogens with one attached hydrogen (secondary N) is 1. The van der Waals surface area contributed by atoms with E-state index in [1.807, 2.05) is 27.7 Å². The molecule has 0 unspecified atom stereocenters. The number of halogens is 1. The third-order valence-corrected chi connectivity index (χ3v) is 5.38. The summed E-state index contributed by atoms with van der Waals surface area (Å²) in [5.41, 5.74) is 2.52. The first-order chi connectivity index (χ1) is 12.5. The molecule has 5 nitrogen and oxygen atoms in total. The number of hydrogen-bond donors (Lipinski definition) is 2. The monoisotopic (exact) mass is 389 g/mol. The van der Waals surface area contributed by atoms with Crippen LogP contribution < -0.4 is 10.1 Å². The molecule has 0 aromatic heterocycles. The average Bonchev–Trinajstić information content (AvgIpc) is 2.63. The summed E-state index contributed by atoms with van der Waals surface area (Å²) in [6.07, 6.45) is 0. The van der Waals surface area contributed by atoms with Gasteiger partial charge in [-0.2, -0.15) is 0 Å². The van der Waals surface area contributed by atoms with Crippen LogP contribution >= 0.6 is 11.6 Å². The van der Waals surface area contributed by atoms with Gasteiger partial charge in [-0.05, 0) is 99.7 Å². The molecule has 2 N–H and O–H groups in total. The van der Waals surface area contributed by atoms with Crippen molar-refractivity contribution < 1.29 is 19.4 Å². The first-order valence-electron chi connectivity index (χ1n) is 8.55. The van der Waals surface area contributed by atoms with Gasteiger partial charge in [0.1, 0.15) is 22.7 Å². The number of carbonyl (C=O) groups excluding carboxylic acids is 2. The van der Waals surface area contributed by atoms with E-state index < -0.39 is 16.6 Å². The number of benzene rings is 2. The van der Waals surface area contributed by atoms with E-state index >= 15 is 0 Å². The van der Waals surface area contributed by atoms with Crippen LogP contribution in [0.1, 0.15) is 36.1 Å². The predicted molar refractivity (Wildman–Crippen MR) is 107 cm³/mol.